The number of ether oxygens (including phenoxy) is 1. The molecule has 2 aromatic heterocycles. The SMILES string of the molecule is COC(=O)c1c(NC(=O)c2ccc([N+](=O)[O-])o2)sc2c1CCN(C)C2. The van der Waals surface area contributed by atoms with Crippen LogP contribution < -0.4 is 5.32 Å². The minimum Gasteiger partial charge on any atom is -0.465 e. The van der Waals surface area contributed by atoms with E-state index in [0.717, 1.165) is 23.1 Å². The minimum atomic E-state index is -0.726. The number of rotatable bonds is 4. The van der Waals surface area contributed by atoms with E-state index in [4.69, 9.17) is 9.15 Å². The van der Waals surface area contributed by atoms with Gasteiger partial charge in [-0.3, -0.25) is 14.9 Å². The maximum atomic E-state index is 12.3. The van der Waals surface area contributed by atoms with Gasteiger partial charge in [0.15, 0.2) is 5.76 Å². The Bertz CT molecular complexity index is 856. The molecule has 1 amide bonds. The summed E-state index contributed by atoms with van der Waals surface area (Å²) in [5.41, 5.74) is 1.21. The normalized spacial score (nSPS) is 14.0. The molecule has 10 heteroatoms. The van der Waals surface area contributed by atoms with E-state index >= 15 is 0 Å². The van der Waals surface area contributed by atoms with E-state index in [-0.39, 0.29) is 5.76 Å². The number of thiophene rings is 1. The number of nitrogens with zero attached hydrogens (tertiary/aromatic N) is 2. The van der Waals surface area contributed by atoms with Gasteiger partial charge in [0, 0.05) is 18.0 Å². The van der Waals surface area contributed by atoms with Crippen LogP contribution in [0.5, 0.6) is 0 Å². The number of anilines is 1. The summed E-state index contributed by atoms with van der Waals surface area (Å²) in [5.74, 6) is -1.91. The van der Waals surface area contributed by atoms with Crippen molar-refractivity contribution in [1.29, 1.82) is 0 Å². The molecule has 0 spiro atoms. The van der Waals surface area contributed by atoms with Crippen LogP contribution in [-0.4, -0.2) is 42.4 Å². The third-order valence-electron chi connectivity index (χ3n) is 3.86. The fourth-order valence-electron chi connectivity index (χ4n) is 2.65. The summed E-state index contributed by atoms with van der Waals surface area (Å²) in [4.78, 5) is 37.5. The fourth-order valence-corrected chi connectivity index (χ4v) is 3.96. The van der Waals surface area contributed by atoms with E-state index in [1.165, 1.54) is 24.5 Å². The minimum absolute atomic E-state index is 0.203. The fraction of sp³-hybridized carbons (Fsp3) is 0.333. The zero-order valence-corrected chi connectivity index (χ0v) is 14.3. The number of carbonyl (C=O) groups excluding carboxylic acids is 2. The standard InChI is InChI=1S/C15H15N3O6S/c1-17-6-5-8-10(7-17)25-14(12(8)15(20)23-2)16-13(19)9-3-4-11(24-9)18(21)22/h3-4H,5-7H2,1-2H3,(H,16,19). The molecule has 1 N–H and O–H groups in total. The summed E-state index contributed by atoms with van der Waals surface area (Å²) < 4.78 is 9.74. The van der Waals surface area contributed by atoms with Crippen molar-refractivity contribution in [3.8, 4) is 0 Å². The van der Waals surface area contributed by atoms with Crippen LogP contribution in [-0.2, 0) is 17.7 Å². The molecule has 0 unspecified atom stereocenters. The van der Waals surface area contributed by atoms with Crippen molar-refractivity contribution < 1.29 is 23.7 Å². The van der Waals surface area contributed by atoms with Gasteiger partial charge in [-0.15, -0.1) is 11.3 Å². The third-order valence-corrected chi connectivity index (χ3v) is 4.99. The quantitative estimate of drug-likeness (QED) is 0.502. The lowest BCUT2D eigenvalue weighted by atomic mass is 10.0. The number of nitrogens with one attached hydrogen (secondary N) is 1. The lowest BCUT2D eigenvalue weighted by molar-refractivity contribution is -0.402. The van der Waals surface area contributed by atoms with E-state index in [1.54, 1.807) is 0 Å². The Morgan fingerprint density at radius 2 is 2.20 bits per heavy atom. The number of fused-ring (bicyclic) bond motifs is 1. The Kier molecular flexibility index (Phi) is 4.55. The summed E-state index contributed by atoms with van der Waals surface area (Å²) in [6.45, 7) is 1.47. The van der Waals surface area contributed by atoms with Crippen LogP contribution in [0.2, 0.25) is 0 Å². The molecule has 9 nitrogen and oxygen atoms in total. The molecule has 3 rings (SSSR count). The topological polar surface area (TPSA) is 115 Å². The molecule has 25 heavy (non-hydrogen) atoms. The van der Waals surface area contributed by atoms with E-state index in [0.29, 0.717) is 23.5 Å². The maximum Gasteiger partial charge on any atom is 0.433 e. The highest BCUT2D eigenvalue weighted by Crippen LogP contribution is 2.37. The van der Waals surface area contributed by atoms with E-state index in [2.05, 4.69) is 10.2 Å². The highest BCUT2D eigenvalue weighted by Gasteiger charge is 2.29. The van der Waals surface area contributed by atoms with Gasteiger partial charge < -0.3 is 19.4 Å². The summed E-state index contributed by atoms with van der Waals surface area (Å²) >= 11 is 1.30. The zero-order chi connectivity index (χ0) is 18.1. The molecular weight excluding hydrogens is 350 g/mol. The van der Waals surface area contributed by atoms with Gasteiger partial charge in [-0.25, -0.2) is 4.79 Å². The molecule has 0 atom stereocenters. The summed E-state index contributed by atoms with van der Waals surface area (Å²) in [6.07, 6.45) is 0.675. The van der Waals surface area contributed by atoms with Gasteiger partial charge in [0.2, 0.25) is 0 Å². The molecular formula is C15H15N3O6S. The highest BCUT2D eigenvalue weighted by atomic mass is 32.1. The molecule has 132 valence electrons. The molecule has 0 saturated carbocycles. The molecule has 0 saturated heterocycles. The van der Waals surface area contributed by atoms with Crippen molar-refractivity contribution in [2.24, 2.45) is 0 Å². The number of amides is 1. The van der Waals surface area contributed by atoms with Crippen LogP contribution in [0.15, 0.2) is 16.5 Å². The van der Waals surface area contributed by atoms with Gasteiger partial charge in [-0.05, 0) is 25.1 Å². The van der Waals surface area contributed by atoms with E-state index in [1.807, 2.05) is 7.05 Å². The van der Waals surface area contributed by atoms with E-state index in [9.17, 15) is 19.7 Å². The molecule has 0 aliphatic carbocycles. The average Bonchev–Trinajstić information content (AvgIpc) is 3.18. The predicted octanol–water partition coefficient (Wildman–Crippen LogP) is 2.28. The summed E-state index contributed by atoms with van der Waals surface area (Å²) in [7, 11) is 3.25. The van der Waals surface area contributed by atoms with Gasteiger partial charge in [-0.1, -0.05) is 0 Å². The molecule has 3 heterocycles. The Labute approximate surface area is 146 Å². The van der Waals surface area contributed by atoms with Crippen molar-refractivity contribution in [3.63, 3.8) is 0 Å². The second-order valence-electron chi connectivity index (χ2n) is 5.54. The number of esters is 1. The smallest absolute Gasteiger partial charge is 0.433 e. The zero-order valence-electron chi connectivity index (χ0n) is 13.5. The van der Waals surface area contributed by atoms with Crippen LogP contribution in [0.25, 0.3) is 0 Å². The van der Waals surface area contributed by atoms with Crippen molar-refractivity contribution in [2.45, 2.75) is 13.0 Å². The molecule has 1 aliphatic rings. The Morgan fingerprint density at radius 1 is 1.44 bits per heavy atom. The first kappa shape index (κ1) is 17.1. The van der Waals surface area contributed by atoms with Crippen molar-refractivity contribution >= 4 is 34.1 Å². The van der Waals surface area contributed by atoms with E-state index < -0.39 is 22.7 Å². The lowest BCUT2D eigenvalue weighted by Gasteiger charge is -2.22. The average molecular weight is 365 g/mol. The van der Waals surface area contributed by atoms with Crippen LogP contribution in [0, 0.1) is 10.1 Å². The molecule has 0 fully saturated rings. The number of furan rings is 1. The Balaban J connectivity index is 1.92. The van der Waals surface area contributed by atoms with Crippen LogP contribution in [0.3, 0.4) is 0 Å². The number of nitro groups is 1. The Morgan fingerprint density at radius 3 is 2.84 bits per heavy atom. The number of methoxy groups -OCH3 is 1. The van der Waals surface area contributed by atoms with Gasteiger partial charge >= 0.3 is 11.9 Å². The molecule has 0 bridgehead atoms. The van der Waals surface area contributed by atoms with Crippen molar-refractivity contribution in [1.82, 2.24) is 4.90 Å². The largest absolute Gasteiger partial charge is 0.465 e. The molecule has 0 aromatic carbocycles. The monoisotopic (exact) mass is 365 g/mol. The van der Waals surface area contributed by atoms with Crippen molar-refractivity contribution in [3.05, 3.63) is 44.0 Å². The predicted molar refractivity (Wildman–Crippen MR) is 89.0 cm³/mol. The first-order valence-electron chi connectivity index (χ1n) is 7.37. The highest BCUT2D eigenvalue weighted by molar-refractivity contribution is 7.17. The van der Waals surface area contributed by atoms with Crippen LogP contribution in [0.4, 0.5) is 10.9 Å². The number of likely N-dealkylation sites (N-methyl/N-ethyl adjacent to an activating group) is 1. The van der Waals surface area contributed by atoms with Crippen LogP contribution in [0.1, 0.15) is 31.4 Å². The Hall–Kier alpha value is -2.72. The summed E-state index contributed by atoms with van der Waals surface area (Å²) in [6, 6.07) is 2.32. The molecule has 0 radical (unpaired) electrons. The third kappa shape index (κ3) is 3.26. The van der Waals surface area contributed by atoms with Gasteiger partial charge in [-0.2, -0.15) is 0 Å². The lowest BCUT2D eigenvalue weighted by Crippen LogP contribution is -2.26. The first-order valence-corrected chi connectivity index (χ1v) is 8.19. The second-order valence-corrected chi connectivity index (χ2v) is 6.64. The number of carbonyl (C=O) groups is 2. The summed E-state index contributed by atoms with van der Waals surface area (Å²) in [5, 5.41) is 13.6. The van der Waals surface area contributed by atoms with Gasteiger partial charge in [0.1, 0.15) is 9.92 Å². The van der Waals surface area contributed by atoms with Gasteiger partial charge in [0.05, 0.1) is 18.7 Å². The van der Waals surface area contributed by atoms with Crippen molar-refractivity contribution in [2.75, 3.05) is 26.0 Å². The first-order chi connectivity index (χ1) is 11.9. The van der Waals surface area contributed by atoms with Crippen LogP contribution >= 0.6 is 11.3 Å². The number of hydrogen-bond acceptors (Lipinski definition) is 8. The molecule has 1 aliphatic heterocycles. The molecule has 2 aromatic rings. The number of hydrogen-bond donors (Lipinski definition) is 1. The van der Waals surface area contributed by atoms with Gasteiger partial charge in [0.25, 0.3) is 5.91 Å². The maximum absolute atomic E-state index is 12.3. The second kappa shape index (κ2) is 6.65.